The number of likely N-dealkylation sites (N-methyl/N-ethyl adjacent to an activating group) is 5. The highest BCUT2D eigenvalue weighted by Gasteiger charge is 2.23. The van der Waals surface area contributed by atoms with E-state index in [1.165, 1.54) is 38.0 Å². The molecule has 5 N–H and O–H groups in total. The molecule has 0 aromatic heterocycles. The van der Waals surface area contributed by atoms with Gasteiger partial charge in [0.15, 0.2) is 0 Å². The fourth-order valence-corrected chi connectivity index (χ4v) is 2.95. The van der Waals surface area contributed by atoms with Crippen LogP contribution in [0.4, 0.5) is 0 Å². The van der Waals surface area contributed by atoms with Gasteiger partial charge < -0.3 is 41.3 Å². The lowest BCUT2D eigenvalue weighted by Crippen LogP contribution is -2.50. The van der Waals surface area contributed by atoms with Gasteiger partial charge >= 0.3 is 0 Å². The summed E-state index contributed by atoms with van der Waals surface area (Å²) in [4.78, 5) is 79.5. The number of carbonyl (C=O) groups is 6. The van der Waals surface area contributed by atoms with Crippen molar-refractivity contribution in [3.05, 3.63) is 0 Å². The Bertz CT molecular complexity index is 791. The van der Waals surface area contributed by atoms with Crippen molar-refractivity contribution in [2.45, 2.75) is 25.3 Å². The molecule has 0 aromatic carbocycles. The highest BCUT2D eigenvalue weighted by Crippen LogP contribution is 2.01. The van der Waals surface area contributed by atoms with Crippen molar-refractivity contribution >= 4 is 35.4 Å². The second-order valence-electron chi connectivity index (χ2n) is 9.04. The first-order chi connectivity index (χ1) is 16.7. The number of hydrogen-bond donors (Lipinski definition) is 3. The second-order valence-corrected chi connectivity index (χ2v) is 9.04. The van der Waals surface area contributed by atoms with E-state index in [0.29, 0.717) is 25.8 Å². The Morgan fingerprint density at radius 3 is 1.39 bits per heavy atom. The molecule has 0 rings (SSSR count). The number of nitrogens with one attached hydrogen (secondary N) is 1. The molecule has 6 amide bonds. The van der Waals surface area contributed by atoms with Crippen LogP contribution in [-0.2, 0) is 28.8 Å². The van der Waals surface area contributed by atoms with E-state index in [1.54, 1.807) is 19.0 Å². The largest absolute Gasteiger partial charge is 0.368 e. The van der Waals surface area contributed by atoms with Crippen LogP contribution in [0, 0.1) is 0 Å². The van der Waals surface area contributed by atoms with E-state index in [9.17, 15) is 28.8 Å². The van der Waals surface area contributed by atoms with Crippen LogP contribution < -0.4 is 16.8 Å². The molecule has 0 unspecified atom stereocenters. The minimum absolute atomic E-state index is 0.153. The molecule has 0 heterocycles. The standard InChI is InChI=1S/C22H42N8O6/c1-26(2)12-18(32)28(4)14-20(34)30(6)15-21(35)29(5)13-19(33)27(3)11-17(31)25-16(22(24)36)9-7-8-10-23/h16H,7-15,23H2,1-6H3,(H2,24,36)(H,25,31)/t16-/m1/s1. The smallest absolute Gasteiger partial charge is 0.242 e. The Hall–Kier alpha value is -3.26. The zero-order valence-corrected chi connectivity index (χ0v) is 22.3. The first-order valence-corrected chi connectivity index (χ1v) is 11.6. The average Bonchev–Trinajstić information content (AvgIpc) is 2.77. The SMILES string of the molecule is CN(C)CC(=O)N(C)CC(=O)N(C)CC(=O)N(C)CC(=O)N(C)CC(=O)N[C@H](CCCCN)C(N)=O. The quantitative estimate of drug-likeness (QED) is 0.177. The second kappa shape index (κ2) is 16.4. The molecule has 206 valence electrons. The molecule has 36 heavy (non-hydrogen) atoms. The van der Waals surface area contributed by atoms with E-state index < -0.39 is 35.6 Å². The van der Waals surface area contributed by atoms with Crippen molar-refractivity contribution < 1.29 is 28.8 Å². The van der Waals surface area contributed by atoms with Crippen molar-refractivity contribution in [1.29, 1.82) is 0 Å². The molecule has 0 aliphatic heterocycles. The third kappa shape index (κ3) is 13.0. The Labute approximate surface area is 212 Å². The van der Waals surface area contributed by atoms with E-state index in [2.05, 4.69) is 5.32 Å². The molecule has 0 spiro atoms. The van der Waals surface area contributed by atoms with Crippen molar-refractivity contribution in [2.24, 2.45) is 11.5 Å². The molecule has 0 aromatic rings. The van der Waals surface area contributed by atoms with Gasteiger partial charge in [-0.25, -0.2) is 0 Å². The molecule has 1 atom stereocenters. The summed E-state index contributed by atoms with van der Waals surface area (Å²) >= 11 is 0. The van der Waals surface area contributed by atoms with Crippen LogP contribution in [0.3, 0.4) is 0 Å². The van der Waals surface area contributed by atoms with Crippen LogP contribution in [-0.4, -0.2) is 148 Å². The van der Waals surface area contributed by atoms with Gasteiger partial charge in [-0.05, 0) is 39.9 Å². The van der Waals surface area contributed by atoms with Crippen molar-refractivity contribution in [3.8, 4) is 0 Å². The Balaban J connectivity index is 4.67. The molecule has 0 bridgehead atoms. The third-order valence-electron chi connectivity index (χ3n) is 5.28. The predicted octanol–water partition coefficient (Wildman–Crippen LogP) is -3.52. The topological polar surface area (TPSA) is 183 Å². The predicted molar refractivity (Wildman–Crippen MR) is 133 cm³/mol. The minimum Gasteiger partial charge on any atom is -0.368 e. The number of rotatable bonds is 16. The first kappa shape index (κ1) is 32.7. The zero-order chi connectivity index (χ0) is 28.0. The molecule has 14 nitrogen and oxygen atoms in total. The molecule has 0 saturated carbocycles. The Morgan fingerprint density at radius 1 is 0.639 bits per heavy atom. The summed E-state index contributed by atoms with van der Waals surface area (Å²) in [6.45, 7) is -0.503. The maximum Gasteiger partial charge on any atom is 0.242 e. The van der Waals surface area contributed by atoms with Gasteiger partial charge in [0, 0.05) is 28.2 Å². The zero-order valence-electron chi connectivity index (χ0n) is 22.3. The van der Waals surface area contributed by atoms with Crippen molar-refractivity contribution in [1.82, 2.24) is 29.8 Å². The van der Waals surface area contributed by atoms with Crippen LogP contribution in [0.15, 0.2) is 0 Å². The highest BCUT2D eigenvalue weighted by atomic mass is 16.2. The summed E-state index contributed by atoms with van der Waals surface area (Å²) < 4.78 is 0. The van der Waals surface area contributed by atoms with E-state index in [4.69, 9.17) is 11.5 Å². The number of unbranched alkanes of at least 4 members (excludes halogenated alkanes) is 1. The van der Waals surface area contributed by atoms with Gasteiger partial charge in [-0.1, -0.05) is 0 Å². The molecule has 0 fully saturated rings. The molecule has 0 aliphatic rings. The van der Waals surface area contributed by atoms with Crippen LogP contribution in [0.2, 0.25) is 0 Å². The highest BCUT2D eigenvalue weighted by molar-refractivity contribution is 5.92. The third-order valence-corrected chi connectivity index (χ3v) is 5.28. The summed E-state index contributed by atoms with van der Waals surface area (Å²) in [5.74, 6) is -2.90. The van der Waals surface area contributed by atoms with Crippen LogP contribution in [0.25, 0.3) is 0 Å². The van der Waals surface area contributed by atoms with Crippen molar-refractivity contribution in [2.75, 3.05) is 81.6 Å². The summed E-state index contributed by atoms with van der Waals surface area (Å²) in [6.07, 6.45) is 1.65. The number of primary amides is 1. The number of carbonyl (C=O) groups excluding carboxylic acids is 6. The van der Waals surface area contributed by atoms with Crippen molar-refractivity contribution in [3.63, 3.8) is 0 Å². The summed E-state index contributed by atoms with van der Waals surface area (Å²) in [6, 6.07) is -0.859. The van der Waals surface area contributed by atoms with Crippen LogP contribution in [0.1, 0.15) is 19.3 Å². The van der Waals surface area contributed by atoms with Crippen LogP contribution in [0.5, 0.6) is 0 Å². The molecule has 0 aliphatic carbocycles. The average molecular weight is 515 g/mol. The molecular weight excluding hydrogens is 472 g/mol. The van der Waals surface area contributed by atoms with Gasteiger partial charge in [0.1, 0.15) is 6.04 Å². The van der Waals surface area contributed by atoms with E-state index in [1.807, 2.05) is 0 Å². The summed E-state index contributed by atoms with van der Waals surface area (Å²) in [5.41, 5.74) is 10.7. The lowest BCUT2D eigenvalue weighted by Gasteiger charge is -2.26. The van der Waals surface area contributed by atoms with Gasteiger partial charge in [-0.15, -0.1) is 0 Å². The molecule has 14 heteroatoms. The van der Waals surface area contributed by atoms with Gasteiger partial charge in [0.05, 0.1) is 32.7 Å². The lowest BCUT2D eigenvalue weighted by molar-refractivity contribution is -0.144. The Morgan fingerprint density at radius 2 is 1.03 bits per heavy atom. The first-order valence-electron chi connectivity index (χ1n) is 11.6. The van der Waals surface area contributed by atoms with E-state index >= 15 is 0 Å². The Kier molecular flexibility index (Phi) is 14.9. The molecule has 0 saturated heterocycles. The number of nitrogens with zero attached hydrogens (tertiary/aromatic N) is 5. The maximum atomic E-state index is 12.5. The maximum absolute atomic E-state index is 12.5. The summed E-state index contributed by atoms with van der Waals surface area (Å²) in [7, 11) is 9.20. The monoisotopic (exact) mass is 514 g/mol. The molecular formula is C22H42N8O6. The van der Waals surface area contributed by atoms with Gasteiger partial charge in [-0.2, -0.15) is 0 Å². The van der Waals surface area contributed by atoms with Gasteiger partial charge in [-0.3, -0.25) is 28.8 Å². The fraction of sp³-hybridized carbons (Fsp3) is 0.727. The van der Waals surface area contributed by atoms with Gasteiger partial charge in [0.25, 0.3) is 0 Å². The minimum atomic E-state index is -0.859. The number of nitrogens with two attached hydrogens (primary N) is 2. The van der Waals surface area contributed by atoms with Gasteiger partial charge in [0.2, 0.25) is 35.4 Å². The lowest BCUT2D eigenvalue weighted by atomic mass is 10.1. The number of hydrogen-bond acceptors (Lipinski definition) is 8. The van der Waals surface area contributed by atoms with E-state index in [0.717, 1.165) is 9.80 Å². The fourth-order valence-electron chi connectivity index (χ4n) is 2.95. The van der Waals surface area contributed by atoms with E-state index in [-0.39, 0.29) is 38.6 Å². The summed E-state index contributed by atoms with van der Waals surface area (Å²) in [5, 5.41) is 2.51. The molecule has 0 radical (unpaired) electrons. The van der Waals surface area contributed by atoms with Crippen LogP contribution >= 0.6 is 0 Å². The number of amides is 6. The normalized spacial score (nSPS) is 11.4.